The molecule has 2 aromatic rings. The molecule has 0 saturated carbocycles. The van der Waals surface area contributed by atoms with E-state index in [4.69, 9.17) is 11.6 Å². The van der Waals surface area contributed by atoms with Crippen molar-refractivity contribution in [3.63, 3.8) is 0 Å². The summed E-state index contributed by atoms with van der Waals surface area (Å²) in [5.41, 5.74) is 0. The van der Waals surface area contributed by atoms with E-state index in [1.165, 1.54) is 24.1 Å². The summed E-state index contributed by atoms with van der Waals surface area (Å²) in [6.07, 6.45) is 2.86. The molecule has 18 heavy (non-hydrogen) atoms. The number of hydrogen-bond acceptors (Lipinski definition) is 4. The Morgan fingerprint density at radius 3 is 2.56 bits per heavy atom. The number of nitrogens with zero attached hydrogens (tertiary/aromatic N) is 4. The molecule has 0 fully saturated rings. The minimum atomic E-state index is -3.79. The fourth-order valence-electron chi connectivity index (χ4n) is 1.36. The van der Waals surface area contributed by atoms with Gasteiger partial charge in [-0.3, -0.25) is 4.31 Å². The van der Waals surface area contributed by atoms with Gasteiger partial charge in [0.05, 0.1) is 6.33 Å². The van der Waals surface area contributed by atoms with Gasteiger partial charge in [0.25, 0.3) is 10.0 Å². The minimum Gasteiger partial charge on any atom is -0.324 e. The Hall–Kier alpha value is -1.60. The number of hydrogen-bond donors (Lipinski definition) is 0. The summed E-state index contributed by atoms with van der Waals surface area (Å²) in [7, 11) is -0.769. The van der Waals surface area contributed by atoms with Crippen LogP contribution in [0.2, 0.25) is 5.15 Å². The molecule has 0 atom stereocenters. The maximum atomic E-state index is 12.3. The number of halogens is 1. The van der Waals surface area contributed by atoms with E-state index in [0.717, 1.165) is 4.31 Å². The topological polar surface area (TPSA) is 68.1 Å². The van der Waals surface area contributed by atoms with Crippen LogP contribution in [0.15, 0.2) is 35.7 Å². The molecule has 0 amide bonds. The van der Waals surface area contributed by atoms with Gasteiger partial charge >= 0.3 is 0 Å². The molecule has 6 nitrogen and oxygen atoms in total. The molecular formula is C10H11ClN4O2S. The Balaban J connectivity index is 2.47. The smallest absolute Gasteiger partial charge is 0.285 e. The van der Waals surface area contributed by atoms with Gasteiger partial charge in [-0.25, -0.2) is 9.97 Å². The van der Waals surface area contributed by atoms with Crippen molar-refractivity contribution in [1.29, 1.82) is 0 Å². The third-order valence-electron chi connectivity index (χ3n) is 2.41. The second-order valence-corrected chi connectivity index (χ2v) is 5.85. The van der Waals surface area contributed by atoms with E-state index in [2.05, 4.69) is 9.97 Å². The maximum absolute atomic E-state index is 12.3. The predicted molar refractivity (Wildman–Crippen MR) is 68.0 cm³/mol. The molecule has 0 aliphatic carbocycles. The van der Waals surface area contributed by atoms with Crippen LogP contribution in [0.1, 0.15) is 0 Å². The van der Waals surface area contributed by atoms with Crippen molar-refractivity contribution in [3.05, 3.63) is 35.9 Å². The highest BCUT2D eigenvalue weighted by molar-refractivity contribution is 7.92. The lowest BCUT2D eigenvalue weighted by Crippen LogP contribution is -2.27. The van der Waals surface area contributed by atoms with Crippen molar-refractivity contribution in [3.8, 4) is 0 Å². The second-order valence-electron chi connectivity index (χ2n) is 3.61. The van der Waals surface area contributed by atoms with E-state index >= 15 is 0 Å². The van der Waals surface area contributed by atoms with Gasteiger partial charge in [-0.05, 0) is 12.1 Å². The first-order valence-corrected chi connectivity index (χ1v) is 6.83. The summed E-state index contributed by atoms with van der Waals surface area (Å²) >= 11 is 5.90. The quantitative estimate of drug-likeness (QED) is 0.853. The number of imidazole rings is 1. The third kappa shape index (κ3) is 2.06. The Bertz CT molecular complexity index is 654. The van der Waals surface area contributed by atoms with Gasteiger partial charge in [-0.15, -0.1) is 0 Å². The van der Waals surface area contributed by atoms with Crippen molar-refractivity contribution in [2.75, 3.05) is 11.4 Å². The summed E-state index contributed by atoms with van der Waals surface area (Å²) in [4.78, 5) is 7.78. The van der Waals surface area contributed by atoms with E-state index in [1.807, 2.05) is 0 Å². The van der Waals surface area contributed by atoms with Crippen LogP contribution in [-0.2, 0) is 17.1 Å². The van der Waals surface area contributed by atoms with Crippen LogP contribution in [0.5, 0.6) is 0 Å². The molecule has 0 unspecified atom stereocenters. The molecule has 0 N–H and O–H groups in total. The predicted octanol–water partition coefficient (Wildman–Crippen LogP) is 1.29. The summed E-state index contributed by atoms with van der Waals surface area (Å²) in [6.45, 7) is 0. The highest BCUT2D eigenvalue weighted by Crippen LogP contribution is 2.24. The fourth-order valence-corrected chi connectivity index (χ4v) is 2.90. The van der Waals surface area contributed by atoms with Gasteiger partial charge in [0.2, 0.25) is 5.03 Å². The zero-order valence-corrected chi connectivity index (χ0v) is 11.4. The number of sulfonamides is 1. The molecule has 0 bridgehead atoms. The number of rotatable bonds is 3. The van der Waals surface area contributed by atoms with Gasteiger partial charge in [-0.2, -0.15) is 8.42 Å². The second kappa shape index (κ2) is 4.58. The van der Waals surface area contributed by atoms with Crippen LogP contribution in [0, 0.1) is 0 Å². The van der Waals surface area contributed by atoms with Gasteiger partial charge < -0.3 is 4.57 Å². The van der Waals surface area contributed by atoms with E-state index in [0.29, 0.717) is 5.82 Å². The largest absolute Gasteiger partial charge is 0.324 e. The first-order chi connectivity index (χ1) is 8.44. The number of aryl methyl sites for hydroxylation is 1. The van der Waals surface area contributed by atoms with Crippen molar-refractivity contribution in [2.24, 2.45) is 7.05 Å². The van der Waals surface area contributed by atoms with E-state index in [1.54, 1.807) is 25.2 Å². The van der Waals surface area contributed by atoms with Crippen LogP contribution >= 0.6 is 11.6 Å². The molecule has 2 aromatic heterocycles. The summed E-state index contributed by atoms with van der Waals surface area (Å²) in [6, 6.07) is 5.00. The Morgan fingerprint density at radius 2 is 2.06 bits per heavy atom. The van der Waals surface area contributed by atoms with E-state index < -0.39 is 10.0 Å². The molecule has 0 saturated heterocycles. The average molecular weight is 287 g/mol. The summed E-state index contributed by atoms with van der Waals surface area (Å²) < 4.78 is 27.1. The monoisotopic (exact) mass is 286 g/mol. The third-order valence-corrected chi connectivity index (χ3v) is 4.66. The summed E-state index contributed by atoms with van der Waals surface area (Å²) in [5, 5.41) is -0.113. The molecule has 8 heteroatoms. The zero-order valence-electron chi connectivity index (χ0n) is 9.78. The maximum Gasteiger partial charge on any atom is 0.285 e. The van der Waals surface area contributed by atoms with Crippen LogP contribution in [0.3, 0.4) is 0 Å². The summed E-state index contributed by atoms with van der Waals surface area (Å²) in [5.74, 6) is 0.305. The molecule has 0 aliphatic heterocycles. The number of aromatic nitrogens is 3. The van der Waals surface area contributed by atoms with Crippen LogP contribution in [-0.4, -0.2) is 30.0 Å². The zero-order chi connectivity index (χ0) is 13.3. The minimum absolute atomic E-state index is 0.0674. The van der Waals surface area contributed by atoms with Crippen LogP contribution < -0.4 is 4.31 Å². The van der Waals surface area contributed by atoms with Crippen molar-refractivity contribution in [2.45, 2.75) is 5.03 Å². The Labute approximate surface area is 110 Å². The first kappa shape index (κ1) is 12.8. The molecule has 2 rings (SSSR count). The van der Waals surface area contributed by atoms with Crippen LogP contribution in [0.25, 0.3) is 0 Å². The standard InChI is InChI=1S/C10H11ClN4O2S/c1-14-7-13-10(9(14)11)18(16,17)15(2)8-5-3-4-6-12-8/h3-7H,1-2H3. The molecular weight excluding hydrogens is 276 g/mol. The van der Waals surface area contributed by atoms with Crippen molar-refractivity contribution in [1.82, 2.24) is 14.5 Å². The normalized spacial score (nSPS) is 11.5. The molecule has 0 aliphatic rings. The Kier molecular flexibility index (Phi) is 3.27. The van der Waals surface area contributed by atoms with E-state index in [9.17, 15) is 8.42 Å². The van der Waals surface area contributed by atoms with Crippen molar-refractivity contribution < 1.29 is 8.42 Å². The fraction of sp³-hybridized carbons (Fsp3) is 0.200. The van der Waals surface area contributed by atoms with Gasteiger partial charge in [-0.1, -0.05) is 17.7 Å². The van der Waals surface area contributed by atoms with Crippen LogP contribution in [0.4, 0.5) is 5.82 Å². The van der Waals surface area contributed by atoms with Gasteiger partial charge in [0, 0.05) is 20.3 Å². The molecule has 0 aromatic carbocycles. The number of anilines is 1. The molecule has 0 spiro atoms. The lowest BCUT2D eigenvalue weighted by molar-refractivity contribution is 0.591. The first-order valence-electron chi connectivity index (χ1n) is 5.01. The highest BCUT2D eigenvalue weighted by Gasteiger charge is 2.28. The SMILES string of the molecule is CN(c1ccccn1)S(=O)(=O)c1ncn(C)c1Cl. The van der Waals surface area contributed by atoms with Gasteiger partial charge in [0.15, 0.2) is 0 Å². The molecule has 2 heterocycles. The Morgan fingerprint density at radius 1 is 1.33 bits per heavy atom. The average Bonchev–Trinajstić information content (AvgIpc) is 2.70. The van der Waals surface area contributed by atoms with Gasteiger partial charge in [0.1, 0.15) is 11.0 Å². The molecule has 96 valence electrons. The lowest BCUT2D eigenvalue weighted by atomic mass is 10.5. The van der Waals surface area contributed by atoms with Crippen molar-refractivity contribution >= 4 is 27.4 Å². The van der Waals surface area contributed by atoms with E-state index in [-0.39, 0.29) is 10.2 Å². The lowest BCUT2D eigenvalue weighted by Gasteiger charge is -2.16. The molecule has 0 radical (unpaired) electrons. The highest BCUT2D eigenvalue weighted by atomic mass is 35.5. The number of pyridine rings is 1.